The Kier molecular flexibility index (Phi) is 9.50. The Morgan fingerprint density at radius 2 is 1.57 bits per heavy atom. The molecule has 0 N–H and O–H groups in total. The van der Waals surface area contributed by atoms with Gasteiger partial charge in [0.25, 0.3) is 0 Å². The molecule has 0 saturated heterocycles. The number of hydrogen-bond donors (Lipinski definition) is 0. The molecule has 0 aliphatic rings. The quantitative estimate of drug-likeness (QED) is 0.281. The molecule has 0 bridgehead atoms. The van der Waals surface area contributed by atoms with E-state index in [9.17, 15) is 5.39 Å². The SMILES string of the molecule is CCCCOc1cc([N+]#N)c(OCCCC)c(Sc2ccccc2)c1OCC. The van der Waals surface area contributed by atoms with Gasteiger partial charge >= 0.3 is 5.69 Å². The molecule has 0 aliphatic heterocycles. The smallest absolute Gasteiger partial charge is 0.431 e. The highest BCUT2D eigenvalue weighted by atomic mass is 32.2. The first-order valence-electron chi connectivity index (χ1n) is 9.92. The van der Waals surface area contributed by atoms with Gasteiger partial charge in [0.2, 0.25) is 11.1 Å². The van der Waals surface area contributed by atoms with Crippen LogP contribution < -0.4 is 14.2 Å². The summed E-state index contributed by atoms with van der Waals surface area (Å²) in [5.74, 6) is 1.73. The number of benzene rings is 2. The minimum atomic E-state index is 0.351. The van der Waals surface area contributed by atoms with Gasteiger partial charge in [0.05, 0.1) is 25.9 Å². The third-order valence-corrected chi connectivity index (χ3v) is 5.08. The van der Waals surface area contributed by atoms with E-state index < -0.39 is 0 Å². The Balaban J connectivity index is 2.53. The van der Waals surface area contributed by atoms with E-state index >= 15 is 0 Å². The first-order valence-corrected chi connectivity index (χ1v) is 10.7. The maximum atomic E-state index is 9.62. The van der Waals surface area contributed by atoms with Crippen LogP contribution in [0.5, 0.6) is 17.2 Å². The predicted molar refractivity (Wildman–Crippen MR) is 114 cm³/mol. The molecule has 2 rings (SSSR count). The zero-order valence-electron chi connectivity index (χ0n) is 16.9. The average Bonchev–Trinajstić information content (AvgIpc) is 2.72. The molecule has 0 heterocycles. The van der Waals surface area contributed by atoms with Crippen LogP contribution in [0.4, 0.5) is 5.69 Å². The molecule has 6 heteroatoms. The van der Waals surface area contributed by atoms with E-state index in [2.05, 4.69) is 18.8 Å². The number of nitrogens with zero attached hydrogens (tertiary/aromatic N) is 2. The van der Waals surface area contributed by atoms with Crippen LogP contribution >= 0.6 is 11.8 Å². The highest BCUT2D eigenvalue weighted by Crippen LogP contribution is 2.52. The van der Waals surface area contributed by atoms with Crippen LogP contribution in [-0.4, -0.2) is 19.8 Å². The fourth-order valence-corrected chi connectivity index (χ4v) is 3.57. The standard InChI is InChI=1S/C22H29N2O3S/c1-4-7-14-26-19-16-18(24-23)20(27-15-8-5-2)22(21(19)25-6-3)28-17-12-10-9-11-13-17/h9-13,16H,4-8,14-15H2,1-3H3/q+1. The predicted octanol–water partition coefficient (Wildman–Crippen LogP) is 7.08. The van der Waals surface area contributed by atoms with Gasteiger partial charge in [-0.25, -0.2) is 0 Å². The van der Waals surface area contributed by atoms with Crippen molar-refractivity contribution in [2.45, 2.75) is 56.2 Å². The fraction of sp³-hybridized carbons (Fsp3) is 0.455. The first kappa shape index (κ1) is 21.9. The van der Waals surface area contributed by atoms with Gasteiger partial charge in [-0.2, -0.15) is 0 Å². The second-order valence-electron chi connectivity index (χ2n) is 6.23. The van der Waals surface area contributed by atoms with Crippen molar-refractivity contribution in [3.05, 3.63) is 41.4 Å². The topological polar surface area (TPSA) is 55.8 Å². The Bertz CT molecular complexity index is 776. The van der Waals surface area contributed by atoms with E-state index in [-0.39, 0.29) is 0 Å². The maximum absolute atomic E-state index is 9.62. The van der Waals surface area contributed by atoms with Crippen LogP contribution in [0.2, 0.25) is 0 Å². The number of hydrogen-bond acceptors (Lipinski definition) is 5. The van der Waals surface area contributed by atoms with Gasteiger partial charge < -0.3 is 14.2 Å². The second kappa shape index (κ2) is 12.1. The van der Waals surface area contributed by atoms with E-state index in [0.717, 1.165) is 35.5 Å². The van der Waals surface area contributed by atoms with E-state index in [1.54, 1.807) is 6.07 Å². The molecule has 150 valence electrons. The van der Waals surface area contributed by atoms with E-state index in [1.165, 1.54) is 11.8 Å². The lowest BCUT2D eigenvalue weighted by Crippen LogP contribution is -2.05. The Hall–Kier alpha value is -2.39. The zero-order valence-corrected chi connectivity index (χ0v) is 17.8. The van der Waals surface area contributed by atoms with Crippen LogP contribution in [0.25, 0.3) is 4.98 Å². The van der Waals surface area contributed by atoms with Gasteiger partial charge in [-0.1, -0.05) is 56.7 Å². The minimum Gasteiger partial charge on any atom is -0.489 e. The summed E-state index contributed by atoms with van der Waals surface area (Å²) in [6.45, 7) is 7.78. The van der Waals surface area contributed by atoms with Crippen LogP contribution in [0.3, 0.4) is 0 Å². The Morgan fingerprint density at radius 3 is 2.18 bits per heavy atom. The van der Waals surface area contributed by atoms with Gasteiger partial charge in [0, 0.05) is 4.90 Å². The normalized spacial score (nSPS) is 10.4. The maximum Gasteiger partial charge on any atom is 0.431 e. The van der Waals surface area contributed by atoms with Gasteiger partial charge in [-0.15, -0.1) is 0 Å². The van der Waals surface area contributed by atoms with Crippen molar-refractivity contribution in [3.8, 4) is 17.2 Å². The molecule has 0 atom stereocenters. The summed E-state index contributed by atoms with van der Waals surface area (Å²) in [5, 5.41) is 9.62. The van der Waals surface area contributed by atoms with Gasteiger partial charge in [-0.3, -0.25) is 0 Å². The highest BCUT2D eigenvalue weighted by Gasteiger charge is 2.29. The molecule has 0 fully saturated rings. The third kappa shape index (κ3) is 6.07. The molecule has 2 aromatic rings. The molecule has 0 unspecified atom stereocenters. The summed E-state index contributed by atoms with van der Waals surface area (Å²) in [7, 11) is 0. The molecule has 5 nitrogen and oxygen atoms in total. The fourth-order valence-electron chi connectivity index (χ4n) is 2.53. The Morgan fingerprint density at radius 1 is 0.893 bits per heavy atom. The largest absolute Gasteiger partial charge is 0.489 e. The van der Waals surface area contributed by atoms with Crippen molar-refractivity contribution < 1.29 is 14.2 Å². The average molecular weight is 402 g/mol. The summed E-state index contributed by atoms with van der Waals surface area (Å²) in [6, 6.07) is 11.7. The van der Waals surface area contributed by atoms with E-state index in [4.69, 9.17) is 14.2 Å². The molecule has 0 saturated carbocycles. The number of ether oxygens (including phenoxy) is 3. The highest BCUT2D eigenvalue weighted by molar-refractivity contribution is 7.99. The summed E-state index contributed by atoms with van der Waals surface area (Å²) in [5.41, 5.74) is 0.351. The van der Waals surface area contributed by atoms with Crippen molar-refractivity contribution >= 4 is 17.4 Å². The minimum absolute atomic E-state index is 0.351. The lowest BCUT2D eigenvalue weighted by atomic mass is 10.2. The molecule has 0 radical (unpaired) electrons. The number of rotatable bonds is 12. The molecule has 0 amide bonds. The van der Waals surface area contributed by atoms with Crippen LogP contribution in [-0.2, 0) is 0 Å². The molecule has 0 aliphatic carbocycles. The van der Waals surface area contributed by atoms with Gasteiger partial charge in [0.15, 0.2) is 16.5 Å². The lowest BCUT2D eigenvalue weighted by molar-refractivity contribution is 0.260. The summed E-state index contributed by atoms with van der Waals surface area (Å²) in [4.78, 5) is 5.28. The van der Waals surface area contributed by atoms with Gasteiger partial charge in [-0.05, 0) is 31.9 Å². The van der Waals surface area contributed by atoms with E-state index in [1.807, 2.05) is 37.3 Å². The van der Waals surface area contributed by atoms with Crippen molar-refractivity contribution in [3.63, 3.8) is 0 Å². The summed E-state index contributed by atoms with van der Waals surface area (Å²) in [6.07, 6.45) is 3.90. The van der Waals surface area contributed by atoms with Gasteiger partial charge in [0.1, 0.15) is 4.90 Å². The molecule has 28 heavy (non-hydrogen) atoms. The molecular formula is C22H29N2O3S+. The van der Waals surface area contributed by atoms with Crippen molar-refractivity contribution in [1.82, 2.24) is 0 Å². The lowest BCUT2D eigenvalue weighted by Gasteiger charge is -2.17. The van der Waals surface area contributed by atoms with Crippen molar-refractivity contribution in [2.24, 2.45) is 0 Å². The monoisotopic (exact) mass is 401 g/mol. The zero-order chi connectivity index (χ0) is 20.2. The second-order valence-corrected chi connectivity index (χ2v) is 7.32. The van der Waals surface area contributed by atoms with Crippen LogP contribution in [0.15, 0.2) is 46.2 Å². The van der Waals surface area contributed by atoms with Crippen molar-refractivity contribution in [1.29, 1.82) is 5.39 Å². The summed E-state index contributed by atoms with van der Waals surface area (Å²) >= 11 is 1.52. The molecular weight excluding hydrogens is 372 g/mol. The van der Waals surface area contributed by atoms with Crippen LogP contribution in [0.1, 0.15) is 46.5 Å². The van der Waals surface area contributed by atoms with E-state index in [0.29, 0.717) is 42.8 Å². The summed E-state index contributed by atoms with van der Waals surface area (Å²) < 4.78 is 18.0. The Labute approximate surface area is 172 Å². The first-order chi connectivity index (χ1) is 13.7. The number of diazo groups is 1. The third-order valence-electron chi connectivity index (χ3n) is 4.00. The molecule has 2 aromatic carbocycles. The molecule has 0 aromatic heterocycles. The van der Waals surface area contributed by atoms with Crippen LogP contribution in [0, 0.1) is 5.39 Å². The number of unbranched alkanes of at least 4 members (excludes halogenated alkanes) is 2. The van der Waals surface area contributed by atoms with Crippen molar-refractivity contribution in [2.75, 3.05) is 19.8 Å². The molecule has 0 spiro atoms.